The standard InChI is InChI=1S/C20H22N4O3S/c1-4-12(2)22-20(27)23-15(25)10-24-11-21-18-17(19(24)26)16(13(3)28-18)14-8-6-5-7-9-14/h5-9,11-12H,4,10H2,1-3H3,(H2,22,23,25,27)/t12-/m0/s1. The molecule has 0 aliphatic rings. The minimum absolute atomic E-state index is 0.0456. The van der Waals surface area contributed by atoms with Crippen LogP contribution in [-0.2, 0) is 11.3 Å². The average Bonchev–Trinajstić information content (AvgIpc) is 3.01. The molecule has 8 heteroatoms. The fourth-order valence-electron chi connectivity index (χ4n) is 2.89. The largest absolute Gasteiger partial charge is 0.335 e. The van der Waals surface area contributed by atoms with E-state index >= 15 is 0 Å². The molecule has 3 amide bonds. The molecule has 0 aliphatic carbocycles. The van der Waals surface area contributed by atoms with Crippen LogP contribution in [-0.4, -0.2) is 27.5 Å². The minimum Gasteiger partial charge on any atom is -0.335 e. The Bertz CT molecular complexity index is 1070. The van der Waals surface area contributed by atoms with Crippen LogP contribution in [0.1, 0.15) is 25.1 Å². The topological polar surface area (TPSA) is 93.1 Å². The first-order valence-corrected chi connectivity index (χ1v) is 9.86. The lowest BCUT2D eigenvalue weighted by Crippen LogP contribution is -2.45. The number of rotatable bonds is 5. The predicted octanol–water partition coefficient (Wildman–Crippen LogP) is 3.06. The monoisotopic (exact) mass is 398 g/mol. The summed E-state index contributed by atoms with van der Waals surface area (Å²) in [6, 6.07) is 9.01. The molecule has 0 aliphatic heterocycles. The van der Waals surface area contributed by atoms with Crippen molar-refractivity contribution in [3.63, 3.8) is 0 Å². The van der Waals surface area contributed by atoms with E-state index in [1.807, 2.05) is 51.1 Å². The van der Waals surface area contributed by atoms with Crippen molar-refractivity contribution in [3.8, 4) is 11.1 Å². The molecule has 0 fully saturated rings. The van der Waals surface area contributed by atoms with Crippen LogP contribution < -0.4 is 16.2 Å². The Kier molecular flexibility index (Phi) is 5.89. The van der Waals surface area contributed by atoms with E-state index in [-0.39, 0.29) is 18.1 Å². The van der Waals surface area contributed by atoms with Crippen LogP contribution in [0.25, 0.3) is 21.3 Å². The summed E-state index contributed by atoms with van der Waals surface area (Å²) in [5.74, 6) is -0.572. The molecule has 3 rings (SSSR count). The lowest BCUT2D eigenvalue weighted by molar-refractivity contribution is -0.120. The smallest absolute Gasteiger partial charge is 0.321 e. The molecule has 0 saturated carbocycles. The Balaban J connectivity index is 1.89. The lowest BCUT2D eigenvalue weighted by Gasteiger charge is -2.12. The second-order valence-corrected chi connectivity index (χ2v) is 7.79. The third-order valence-electron chi connectivity index (χ3n) is 4.47. The Morgan fingerprint density at radius 1 is 1.25 bits per heavy atom. The number of hydrogen-bond donors (Lipinski definition) is 2. The summed E-state index contributed by atoms with van der Waals surface area (Å²) < 4.78 is 1.23. The Morgan fingerprint density at radius 3 is 2.64 bits per heavy atom. The number of carbonyl (C=O) groups excluding carboxylic acids is 2. The molecule has 0 unspecified atom stereocenters. The summed E-state index contributed by atoms with van der Waals surface area (Å²) in [5, 5.41) is 5.39. The Labute approximate surface area is 166 Å². The van der Waals surface area contributed by atoms with Gasteiger partial charge in [0.1, 0.15) is 11.4 Å². The third kappa shape index (κ3) is 4.12. The van der Waals surface area contributed by atoms with Crippen LogP contribution in [0.4, 0.5) is 4.79 Å². The highest BCUT2D eigenvalue weighted by atomic mass is 32.1. The first kappa shape index (κ1) is 19.8. The van der Waals surface area contributed by atoms with Crippen molar-refractivity contribution in [3.05, 3.63) is 51.9 Å². The van der Waals surface area contributed by atoms with E-state index in [0.29, 0.717) is 10.2 Å². The van der Waals surface area contributed by atoms with Gasteiger partial charge in [-0.15, -0.1) is 11.3 Å². The van der Waals surface area contributed by atoms with Crippen LogP contribution in [0, 0.1) is 6.92 Å². The fourth-order valence-corrected chi connectivity index (χ4v) is 3.89. The number of nitrogens with zero attached hydrogens (tertiary/aromatic N) is 2. The number of amides is 3. The molecule has 2 heterocycles. The third-order valence-corrected chi connectivity index (χ3v) is 5.49. The Hall–Kier alpha value is -3.00. The fraction of sp³-hybridized carbons (Fsp3) is 0.300. The molecule has 2 N–H and O–H groups in total. The zero-order chi connectivity index (χ0) is 20.3. The van der Waals surface area contributed by atoms with Crippen molar-refractivity contribution >= 4 is 33.5 Å². The molecule has 146 valence electrons. The van der Waals surface area contributed by atoms with Gasteiger partial charge in [-0.1, -0.05) is 37.3 Å². The zero-order valence-electron chi connectivity index (χ0n) is 16.0. The maximum absolute atomic E-state index is 13.0. The second kappa shape index (κ2) is 8.35. The van der Waals surface area contributed by atoms with Gasteiger partial charge in [0, 0.05) is 16.5 Å². The first-order valence-electron chi connectivity index (χ1n) is 9.05. The van der Waals surface area contributed by atoms with Gasteiger partial charge in [0.2, 0.25) is 5.91 Å². The minimum atomic E-state index is -0.572. The van der Waals surface area contributed by atoms with Crippen molar-refractivity contribution < 1.29 is 9.59 Å². The molecule has 28 heavy (non-hydrogen) atoms. The number of benzene rings is 1. The number of aryl methyl sites for hydroxylation is 1. The number of carbonyl (C=O) groups is 2. The van der Waals surface area contributed by atoms with Gasteiger partial charge < -0.3 is 5.32 Å². The van der Waals surface area contributed by atoms with Crippen LogP contribution in [0.3, 0.4) is 0 Å². The van der Waals surface area contributed by atoms with Gasteiger partial charge in [-0.2, -0.15) is 0 Å². The molecule has 7 nitrogen and oxygen atoms in total. The van der Waals surface area contributed by atoms with Gasteiger partial charge in [0.25, 0.3) is 5.56 Å². The van der Waals surface area contributed by atoms with Crippen molar-refractivity contribution in [2.24, 2.45) is 0 Å². The molecular weight excluding hydrogens is 376 g/mol. The average molecular weight is 398 g/mol. The number of fused-ring (bicyclic) bond motifs is 1. The number of hydrogen-bond acceptors (Lipinski definition) is 5. The highest BCUT2D eigenvalue weighted by Gasteiger charge is 2.18. The molecule has 1 aromatic carbocycles. The van der Waals surface area contributed by atoms with Crippen molar-refractivity contribution in [2.75, 3.05) is 0 Å². The van der Waals surface area contributed by atoms with E-state index < -0.39 is 11.9 Å². The summed E-state index contributed by atoms with van der Waals surface area (Å²) in [6.07, 6.45) is 2.10. The maximum Gasteiger partial charge on any atom is 0.321 e. The lowest BCUT2D eigenvalue weighted by atomic mass is 10.0. The molecule has 2 aromatic heterocycles. The normalized spacial score (nSPS) is 12.0. The number of urea groups is 1. The quantitative estimate of drug-likeness (QED) is 0.691. The molecule has 0 spiro atoms. The number of imide groups is 1. The number of thiophene rings is 1. The van der Waals surface area contributed by atoms with Gasteiger partial charge in [-0.25, -0.2) is 9.78 Å². The molecule has 1 atom stereocenters. The number of aromatic nitrogens is 2. The van der Waals surface area contributed by atoms with Crippen molar-refractivity contribution in [2.45, 2.75) is 39.8 Å². The van der Waals surface area contributed by atoms with Gasteiger partial charge in [-0.3, -0.25) is 19.5 Å². The highest BCUT2D eigenvalue weighted by molar-refractivity contribution is 7.19. The molecule has 0 bridgehead atoms. The van der Waals surface area contributed by atoms with Gasteiger partial charge >= 0.3 is 6.03 Å². The number of nitrogens with one attached hydrogen (secondary N) is 2. The summed E-state index contributed by atoms with van der Waals surface area (Å²) in [7, 11) is 0. The van der Waals surface area contributed by atoms with E-state index in [9.17, 15) is 14.4 Å². The second-order valence-electron chi connectivity index (χ2n) is 6.59. The predicted molar refractivity (Wildman–Crippen MR) is 110 cm³/mol. The summed E-state index contributed by atoms with van der Waals surface area (Å²) in [6.45, 7) is 5.44. The maximum atomic E-state index is 13.0. The molecular formula is C20H22N4O3S. The van der Waals surface area contributed by atoms with Crippen LogP contribution in [0.15, 0.2) is 41.5 Å². The SMILES string of the molecule is CC[C@H](C)NC(=O)NC(=O)Cn1cnc2sc(C)c(-c3ccccc3)c2c1=O. The van der Waals surface area contributed by atoms with Crippen LogP contribution >= 0.6 is 11.3 Å². The molecule has 0 saturated heterocycles. The van der Waals surface area contributed by atoms with Crippen molar-refractivity contribution in [1.29, 1.82) is 0 Å². The summed E-state index contributed by atoms with van der Waals surface area (Å²) in [5.41, 5.74) is 1.47. The van der Waals surface area contributed by atoms with E-state index in [1.54, 1.807) is 0 Å². The van der Waals surface area contributed by atoms with Crippen LogP contribution in [0.5, 0.6) is 0 Å². The Morgan fingerprint density at radius 2 is 1.96 bits per heavy atom. The van der Waals surface area contributed by atoms with E-state index in [4.69, 9.17) is 0 Å². The van der Waals surface area contributed by atoms with E-state index in [1.165, 1.54) is 22.2 Å². The van der Waals surface area contributed by atoms with E-state index in [2.05, 4.69) is 15.6 Å². The molecule has 0 radical (unpaired) electrons. The van der Waals surface area contributed by atoms with Gasteiger partial charge in [0.15, 0.2) is 0 Å². The molecule has 3 aromatic rings. The van der Waals surface area contributed by atoms with Gasteiger partial charge in [-0.05, 0) is 25.8 Å². The van der Waals surface area contributed by atoms with E-state index in [0.717, 1.165) is 22.4 Å². The van der Waals surface area contributed by atoms with Gasteiger partial charge in [0.05, 0.1) is 11.7 Å². The first-order chi connectivity index (χ1) is 13.4. The van der Waals surface area contributed by atoms with Crippen LogP contribution in [0.2, 0.25) is 0 Å². The highest BCUT2D eigenvalue weighted by Crippen LogP contribution is 2.35. The summed E-state index contributed by atoms with van der Waals surface area (Å²) in [4.78, 5) is 43.0. The van der Waals surface area contributed by atoms with Crippen molar-refractivity contribution in [1.82, 2.24) is 20.2 Å². The summed E-state index contributed by atoms with van der Waals surface area (Å²) >= 11 is 1.45. The zero-order valence-corrected chi connectivity index (χ0v) is 16.8.